The molecule has 1 aliphatic heterocycles. The standard InChI is InChI=1S/C56H38N4/c1-5-19-39(20-6-1)53-47-38-37-46-45-27-13-14-28-48(45)59(55(46)56(47)60(42-25-11-4-12-26-42)54(53)40-21-7-2-8-22-40)44-35-33-43(34-36-44)58-51-31-17-15-29-49(51)57(41-23-9-3-10-24-41)50-30-16-18-32-52(50)58/h1-38H. The molecule has 282 valence electrons. The maximum atomic E-state index is 2.50. The van der Waals surface area contributed by atoms with Gasteiger partial charge in [0.15, 0.2) is 0 Å². The minimum atomic E-state index is 1.10. The summed E-state index contributed by atoms with van der Waals surface area (Å²) < 4.78 is 4.98. The summed E-state index contributed by atoms with van der Waals surface area (Å²) in [5.41, 5.74) is 17.3. The second kappa shape index (κ2) is 13.8. The second-order valence-electron chi connectivity index (χ2n) is 15.3. The molecule has 0 spiro atoms. The topological polar surface area (TPSA) is 16.3 Å². The second-order valence-corrected chi connectivity index (χ2v) is 15.3. The van der Waals surface area contributed by atoms with Gasteiger partial charge in [-0.25, -0.2) is 0 Å². The fourth-order valence-electron chi connectivity index (χ4n) is 9.52. The molecule has 0 atom stereocenters. The van der Waals surface area contributed by atoms with Crippen LogP contribution >= 0.6 is 0 Å². The first kappa shape index (κ1) is 34.0. The Hall–Kier alpha value is -8.08. The van der Waals surface area contributed by atoms with Crippen molar-refractivity contribution in [2.75, 3.05) is 9.80 Å². The maximum Gasteiger partial charge on any atom is 0.0789 e. The lowest BCUT2D eigenvalue weighted by molar-refractivity contribution is 1.12. The van der Waals surface area contributed by atoms with Crippen molar-refractivity contribution in [1.82, 2.24) is 9.13 Å². The zero-order chi connectivity index (χ0) is 39.6. The van der Waals surface area contributed by atoms with Gasteiger partial charge in [-0.05, 0) is 90.0 Å². The van der Waals surface area contributed by atoms with E-state index in [4.69, 9.17) is 0 Å². The normalized spacial score (nSPS) is 12.3. The molecule has 4 nitrogen and oxygen atoms in total. The van der Waals surface area contributed by atoms with Crippen molar-refractivity contribution < 1.29 is 0 Å². The largest absolute Gasteiger partial charge is 0.307 e. The molecule has 0 unspecified atom stereocenters. The lowest BCUT2D eigenvalue weighted by Crippen LogP contribution is -2.23. The van der Waals surface area contributed by atoms with E-state index in [2.05, 4.69) is 249 Å². The van der Waals surface area contributed by atoms with E-state index >= 15 is 0 Å². The average molecular weight is 767 g/mol. The van der Waals surface area contributed by atoms with Gasteiger partial charge in [0.25, 0.3) is 0 Å². The summed E-state index contributed by atoms with van der Waals surface area (Å²) in [5, 5.41) is 3.65. The van der Waals surface area contributed by atoms with Crippen LogP contribution in [-0.2, 0) is 0 Å². The molecule has 0 bridgehead atoms. The molecule has 0 radical (unpaired) electrons. The molecule has 9 aromatic carbocycles. The van der Waals surface area contributed by atoms with Crippen LogP contribution in [-0.4, -0.2) is 9.13 Å². The summed E-state index contributed by atoms with van der Waals surface area (Å²) in [6.07, 6.45) is 0. The fraction of sp³-hybridized carbons (Fsp3) is 0. The van der Waals surface area contributed by atoms with E-state index in [9.17, 15) is 0 Å². The van der Waals surface area contributed by atoms with Gasteiger partial charge >= 0.3 is 0 Å². The van der Waals surface area contributed by atoms with Crippen LogP contribution in [0.4, 0.5) is 34.1 Å². The highest BCUT2D eigenvalue weighted by Crippen LogP contribution is 2.54. The summed E-state index contributed by atoms with van der Waals surface area (Å²) in [7, 11) is 0. The summed E-state index contributed by atoms with van der Waals surface area (Å²) >= 11 is 0. The predicted octanol–water partition coefficient (Wildman–Crippen LogP) is 15.3. The number of aromatic nitrogens is 2. The number of nitrogens with zero attached hydrogens (tertiary/aromatic N) is 4. The minimum absolute atomic E-state index is 1.10. The van der Waals surface area contributed by atoms with Crippen LogP contribution in [0, 0.1) is 0 Å². The van der Waals surface area contributed by atoms with Gasteiger partial charge in [-0.1, -0.05) is 152 Å². The fourth-order valence-corrected chi connectivity index (χ4v) is 9.52. The SMILES string of the molecule is c1ccc(-c2c(-c3ccccc3)n(-c3ccccc3)c3c2ccc2c4ccccc4n(-c4ccc(N5c6ccccc6N(c6ccccc6)c6ccccc65)cc4)c23)cc1. The molecule has 1 aliphatic rings. The molecule has 12 rings (SSSR count). The van der Waals surface area contributed by atoms with E-state index in [0.29, 0.717) is 0 Å². The molecule has 0 saturated heterocycles. The van der Waals surface area contributed by atoms with Crippen LogP contribution < -0.4 is 9.80 Å². The van der Waals surface area contributed by atoms with Gasteiger partial charge < -0.3 is 18.9 Å². The zero-order valence-electron chi connectivity index (χ0n) is 32.7. The van der Waals surface area contributed by atoms with Gasteiger partial charge in [-0.2, -0.15) is 0 Å². The molecule has 0 aliphatic carbocycles. The van der Waals surface area contributed by atoms with Gasteiger partial charge in [0.05, 0.1) is 45.0 Å². The van der Waals surface area contributed by atoms with Crippen LogP contribution in [0.25, 0.3) is 66.5 Å². The minimum Gasteiger partial charge on any atom is -0.307 e. The van der Waals surface area contributed by atoms with Crippen LogP contribution in [0.5, 0.6) is 0 Å². The van der Waals surface area contributed by atoms with Crippen molar-refractivity contribution in [3.8, 4) is 33.8 Å². The third-order valence-electron chi connectivity index (χ3n) is 12.0. The van der Waals surface area contributed by atoms with Crippen molar-refractivity contribution >= 4 is 66.8 Å². The Morgan fingerprint density at radius 3 is 1.23 bits per heavy atom. The zero-order valence-corrected chi connectivity index (χ0v) is 32.7. The van der Waals surface area contributed by atoms with E-state index in [-0.39, 0.29) is 0 Å². The summed E-state index contributed by atoms with van der Waals surface area (Å²) in [4.78, 5) is 4.77. The molecule has 4 heteroatoms. The third-order valence-corrected chi connectivity index (χ3v) is 12.0. The molecule has 11 aromatic rings. The molecule has 3 heterocycles. The van der Waals surface area contributed by atoms with Crippen LogP contribution in [0.2, 0.25) is 0 Å². The Kier molecular flexibility index (Phi) is 7.82. The first-order valence-electron chi connectivity index (χ1n) is 20.5. The molecular formula is C56H38N4. The van der Waals surface area contributed by atoms with E-state index in [1.54, 1.807) is 0 Å². The first-order chi connectivity index (χ1) is 29.8. The predicted molar refractivity (Wildman–Crippen MR) is 251 cm³/mol. The molecule has 0 amide bonds. The van der Waals surface area contributed by atoms with Crippen molar-refractivity contribution in [1.29, 1.82) is 0 Å². The van der Waals surface area contributed by atoms with Crippen LogP contribution in [0.3, 0.4) is 0 Å². The number of benzene rings is 9. The van der Waals surface area contributed by atoms with Crippen LogP contribution in [0.15, 0.2) is 231 Å². The summed E-state index contributed by atoms with van der Waals surface area (Å²) in [6, 6.07) is 83.3. The van der Waals surface area contributed by atoms with Gasteiger partial charge in [0, 0.05) is 44.5 Å². The van der Waals surface area contributed by atoms with E-state index < -0.39 is 0 Å². The smallest absolute Gasteiger partial charge is 0.0789 e. The van der Waals surface area contributed by atoms with Gasteiger partial charge in [-0.3, -0.25) is 0 Å². The Bertz CT molecular complexity index is 3300. The molecule has 0 saturated carbocycles. The van der Waals surface area contributed by atoms with Crippen molar-refractivity contribution in [2.24, 2.45) is 0 Å². The summed E-state index contributed by atoms with van der Waals surface area (Å²) in [5.74, 6) is 0. The first-order valence-corrected chi connectivity index (χ1v) is 20.5. The Morgan fingerprint density at radius 2 is 0.650 bits per heavy atom. The van der Waals surface area contributed by atoms with Gasteiger partial charge in [0.2, 0.25) is 0 Å². The highest BCUT2D eigenvalue weighted by molar-refractivity contribution is 6.22. The number of rotatable bonds is 6. The van der Waals surface area contributed by atoms with E-state index in [1.807, 2.05) is 0 Å². The summed E-state index contributed by atoms with van der Waals surface area (Å²) in [6.45, 7) is 0. The Morgan fingerprint density at radius 1 is 0.250 bits per heavy atom. The third kappa shape index (κ3) is 5.18. The van der Waals surface area contributed by atoms with Crippen molar-refractivity contribution in [2.45, 2.75) is 0 Å². The molecule has 2 aromatic heterocycles. The Labute approximate surface area is 348 Å². The monoisotopic (exact) mass is 766 g/mol. The molecule has 0 N–H and O–H groups in total. The van der Waals surface area contributed by atoms with E-state index in [0.717, 1.165) is 45.5 Å². The number of anilines is 6. The quantitative estimate of drug-likeness (QED) is 0.168. The van der Waals surface area contributed by atoms with Gasteiger partial charge in [0.1, 0.15) is 0 Å². The molecule has 0 fully saturated rings. The maximum absolute atomic E-state index is 2.50. The molecular weight excluding hydrogens is 729 g/mol. The van der Waals surface area contributed by atoms with Gasteiger partial charge in [-0.15, -0.1) is 0 Å². The number of hydrogen-bond donors (Lipinski definition) is 0. The highest BCUT2D eigenvalue weighted by atomic mass is 15.3. The van der Waals surface area contributed by atoms with Crippen molar-refractivity contribution in [3.05, 3.63) is 231 Å². The lowest BCUT2D eigenvalue weighted by Gasteiger charge is -2.40. The molecule has 60 heavy (non-hydrogen) atoms. The van der Waals surface area contributed by atoms with E-state index in [1.165, 1.54) is 55.1 Å². The Balaban J connectivity index is 1.12. The number of fused-ring (bicyclic) bond motifs is 7. The number of hydrogen-bond acceptors (Lipinski definition) is 2. The average Bonchev–Trinajstić information content (AvgIpc) is 3.86. The van der Waals surface area contributed by atoms with Crippen LogP contribution in [0.1, 0.15) is 0 Å². The number of para-hydroxylation sites is 7. The highest BCUT2D eigenvalue weighted by Gasteiger charge is 2.31. The lowest BCUT2D eigenvalue weighted by atomic mass is 9.98. The van der Waals surface area contributed by atoms with Crippen molar-refractivity contribution in [3.63, 3.8) is 0 Å².